The number of nitrogens with zero attached hydrogens (tertiary/aromatic N) is 2. The average molecular weight is 302 g/mol. The Hall–Kier alpha value is -0.650. The number of halogens is 1. The first kappa shape index (κ1) is 14.8. The number of likely N-dealkylation sites (tertiary alicyclic amines) is 1. The van der Waals surface area contributed by atoms with Gasteiger partial charge in [-0.3, -0.25) is 4.79 Å². The van der Waals surface area contributed by atoms with Gasteiger partial charge < -0.3 is 10.6 Å². The van der Waals surface area contributed by atoms with Gasteiger partial charge in [-0.25, -0.2) is 4.98 Å². The molecule has 1 unspecified atom stereocenters. The van der Waals surface area contributed by atoms with Gasteiger partial charge >= 0.3 is 0 Å². The zero-order chi connectivity index (χ0) is 13.7. The largest absolute Gasteiger partial charge is 0.369 e. The average Bonchev–Trinajstić information content (AvgIpc) is 2.87. The molecule has 2 rings (SSSR count). The molecule has 6 heteroatoms. The lowest BCUT2D eigenvalue weighted by Crippen LogP contribution is -2.41. The fourth-order valence-electron chi connectivity index (χ4n) is 2.47. The summed E-state index contributed by atoms with van der Waals surface area (Å²) in [5.41, 5.74) is 6.35. The molecule has 1 aromatic rings. The number of hydrogen-bond acceptors (Lipinski definition) is 4. The number of carbonyl (C=O) groups excluding carboxylic acids is 1. The monoisotopic (exact) mass is 301 g/mol. The predicted molar refractivity (Wildman–Crippen MR) is 78.4 cm³/mol. The van der Waals surface area contributed by atoms with Gasteiger partial charge in [0, 0.05) is 18.3 Å². The van der Waals surface area contributed by atoms with Crippen molar-refractivity contribution in [1.29, 1.82) is 0 Å². The number of piperidine rings is 1. The normalized spacial score (nSPS) is 20.6. The molecule has 0 spiro atoms. The second-order valence-corrected chi connectivity index (χ2v) is 6.22. The molecule has 4 nitrogen and oxygen atoms in total. The number of primary amides is 1. The molecule has 0 saturated carbocycles. The van der Waals surface area contributed by atoms with Crippen molar-refractivity contribution < 1.29 is 4.79 Å². The van der Waals surface area contributed by atoms with Crippen molar-refractivity contribution in [2.75, 3.05) is 19.6 Å². The molecule has 1 amide bonds. The molecule has 0 aromatic carbocycles. The molecule has 1 atom stereocenters. The Morgan fingerprint density at radius 2 is 2.47 bits per heavy atom. The number of carbonyl (C=O) groups is 1. The van der Waals surface area contributed by atoms with Crippen LogP contribution in [0.4, 0.5) is 0 Å². The third-order valence-electron chi connectivity index (χ3n) is 3.51. The fraction of sp³-hybridized carbons (Fsp3) is 0.692. The minimum absolute atomic E-state index is 0.0384. The van der Waals surface area contributed by atoms with Crippen LogP contribution in [-0.4, -0.2) is 35.4 Å². The highest BCUT2D eigenvalue weighted by Gasteiger charge is 2.23. The second kappa shape index (κ2) is 7.22. The minimum atomic E-state index is -0.156. The van der Waals surface area contributed by atoms with Crippen LogP contribution in [0.25, 0.3) is 0 Å². The Morgan fingerprint density at radius 3 is 3.16 bits per heavy atom. The third-order valence-corrected chi connectivity index (χ3v) is 4.74. The topological polar surface area (TPSA) is 59.2 Å². The van der Waals surface area contributed by atoms with Crippen molar-refractivity contribution in [3.05, 3.63) is 16.1 Å². The number of aromatic nitrogens is 1. The third kappa shape index (κ3) is 4.44. The molecule has 1 fully saturated rings. The van der Waals surface area contributed by atoms with Gasteiger partial charge in [0.25, 0.3) is 0 Å². The molecular formula is C13H20ClN3OS. The number of alkyl halides is 1. The number of amides is 1. The van der Waals surface area contributed by atoms with Gasteiger partial charge in [-0.05, 0) is 32.4 Å². The summed E-state index contributed by atoms with van der Waals surface area (Å²) >= 11 is 7.41. The van der Waals surface area contributed by atoms with Gasteiger partial charge in [-0.1, -0.05) is 0 Å². The van der Waals surface area contributed by atoms with Crippen LogP contribution in [0.1, 0.15) is 30.0 Å². The van der Waals surface area contributed by atoms with Crippen molar-refractivity contribution in [3.8, 4) is 0 Å². The maximum atomic E-state index is 11.2. The van der Waals surface area contributed by atoms with E-state index in [2.05, 4.69) is 9.88 Å². The molecule has 1 aromatic heterocycles. The van der Waals surface area contributed by atoms with Crippen molar-refractivity contribution in [2.45, 2.75) is 31.6 Å². The van der Waals surface area contributed by atoms with E-state index in [0.29, 0.717) is 5.88 Å². The Balaban J connectivity index is 1.71. The summed E-state index contributed by atoms with van der Waals surface area (Å²) in [4.78, 5) is 18.0. The van der Waals surface area contributed by atoms with Crippen molar-refractivity contribution in [1.82, 2.24) is 9.88 Å². The van der Waals surface area contributed by atoms with Crippen LogP contribution in [0, 0.1) is 5.92 Å². The molecule has 1 aliphatic heterocycles. The van der Waals surface area contributed by atoms with Gasteiger partial charge in [0.1, 0.15) is 0 Å². The van der Waals surface area contributed by atoms with Gasteiger partial charge in [0.2, 0.25) is 5.91 Å². The van der Waals surface area contributed by atoms with Crippen LogP contribution < -0.4 is 5.73 Å². The maximum Gasteiger partial charge on any atom is 0.221 e. The predicted octanol–water partition coefficient (Wildman–Crippen LogP) is 2.01. The highest BCUT2D eigenvalue weighted by molar-refractivity contribution is 7.09. The van der Waals surface area contributed by atoms with E-state index in [9.17, 15) is 4.79 Å². The molecule has 1 saturated heterocycles. The molecule has 0 bridgehead atoms. The molecule has 106 valence electrons. The maximum absolute atomic E-state index is 11.2. The van der Waals surface area contributed by atoms with Gasteiger partial charge in [-0.15, -0.1) is 22.9 Å². The molecule has 1 aliphatic rings. The summed E-state index contributed by atoms with van der Waals surface area (Å²) in [7, 11) is 0. The Bertz CT molecular complexity index is 424. The SMILES string of the molecule is NC(=O)C1CCCN(CCCc2nc(CCl)cs2)C1. The van der Waals surface area contributed by atoms with E-state index < -0.39 is 0 Å². The second-order valence-electron chi connectivity index (χ2n) is 5.01. The molecule has 0 radical (unpaired) electrons. The summed E-state index contributed by atoms with van der Waals surface area (Å²) in [6.07, 6.45) is 4.07. The molecular weight excluding hydrogens is 282 g/mol. The van der Waals surface area contributed by atoms with Gasteiger partial charge in [0.15, 0.2) is 0 Å². The standard InChI is InChI=1S/C13H20ClN3OS/c14-7-11-9-19-12(16-11)4-2-6-17-5-1-3-10(8-17)13(15)18/h9-10H,1-8H2,(H2,15,18). The Kier molecular flexibility index (Phi) is 5.60. The van der Waals surface area contributed by atoms with E-state index >= 15 is 0 Å². The lowest BCUT2D eigenvalue weighted by atomic mass is 9.97. The summed E-state index contributed by atoms with van der Waals surface area (Å²) in [5, 5.41) is 3.17. The Morgan fingerprint density at radius 1 is 1.63 bits per heavy atom. The molecule has 2 N–H and O–H groups in total. The summed E-state index contributed by atoms with van der Waals surface area (Å²) < 4.78 is 0. The van der Waals surface area contributed by atoms with E-state index in [0.717, 1.165) is 56.0 Å². The van der Waals surface area contributed by atoms with E-state index in [-0.39, 0.29) is 11.8 Å². The number of rotatable bonds is 6. The van der Waals surface area contributed by atoms with E-state index in [1.54, 1.807) is 11.3 Å². The summed E-state index contributed by atoms with van der Waals surface area (Å²) in [5.74, 6) is 0.371. The highest BCUT2D eigenvalue weighted by atomic mass is 35.5. The first-order chi connectivity index (χ1) is 9.19. The first-order valence-corrected chi connectivity index (χ1v) is 8.11. The van der Waals surface area contributed by atoms with Crippen LogP contribution >= 0.6 is 22.9 Å². The van der Waals surface area contributed by atoms with Crippen LogP contribution in [-0.2, 0) is 17.1 Å². The molecule has 19 heavy (non-hydrogen) atoms. The lowest BCUT2D eigenvalue weighted by molar-refractivity contribution is -0.123. The van der Waals surface area contributed by atoms with Crippen molar-refractivity contribution >= 4 is 28.8 Å². The van der Waals surface area contributed by atoms with Gasteiger partial charge in [0.05, 0.1) is 22.5 Å². The van der Waals surface area contributed by atoms with Crippen LogP contribution in [0.3, 0.4) is 0 Å². The molecule has 2 heterocycles. The lowest BCUT2D eigenvalue weighted by Gasteiger charge is -2.30. The van der Waals surface area contributed by atoms with Crippen LogP contribution in [0.5, 0.6) is 0 Å². The zero-order valence-corrected chi connectivity index (χ0v) is 12.6. The zero-order valence-electron chi connectivity index (χ0n) is 11.0. The fourth-order valence-corrected chi connectivity index (χ4v) is 3.54. The number of nitrogens with two attached hydrogens (primary N) is 1. The van der Waals surface area contributed by atoms with Crippen molar-refractivity contribution in [3.63, 3.8) is 0 Å². The minimum Gasteiger partial charge on any atom is -0.369 e. The quantitative estimate of drug-likeness (QED) is 0.818. The van der Waals surface area contributed by atoms with E-state index in [4.69, 9.17) is 17.3 Å². The summed E-state index contributed by atoms with van der Waals surface area (Å²) in [6.45, 7) is 2.91. The van der Waals surface area contributed by atoms with Crippen LogP contribution in [0.2, 0.25) is 0 Å². The van der Waals surface area contributed by atoms with Gasteiger partial charge in [-0.2, -0.15) is 0 Å². The smallest absolute Gasteiger partial charge is 0.221 e. The van der Waals surface area contributed by atoms with Crippen molar-refractivity contribution in [2.24, 2.45) is 11.7 Å². The van der Waals surface area contributed by atoms with Crippen LogP contribution in [0.15, 0.2) is 5.38 Å². The Labute approximate surface area is 122 Å². The molecule has 0 aliphatic carbocycles. The first-order valence-electron chi connectivity index (χ1n) is 6.70. The number of aryl methyl sites for hydroxylation is 1. The summed E-state index contributed by atoms with van der Waals surface area (Å²) in [6, 6.07) is 0. The highest BCUT2D eigenvalue weighted by Crippen LogP contribution is 2.17. The van der Waals surface area contributed by atoms with E-state index in [1.807, 2.05) is 5.38 Å². The number of hydrogen-bond donors (Lipinski definition) is 1. The van der Waals surface area contributed by atoms with E-state index in [1.165, 1.54) is 0 Å². The number of thiazole rings is 1.